The molecule has 1 aliphatic heterocycles. The van der Waals surface area contributed by atoms with Gasteiger partial charge in [0.05, 0.1) is 19.3 Å². The van der Waals surface area contributed by atoms with Gasteiger partial charge in [-0.15, -0.1) is 0 Å². The van der Waals surface area contributed by atoms with Crippen LogP contribution in [0, 0.1) is 0 Å². The van der Waals surface area contributed by atoms with Crippen molar-refractivity contribution >= 4 is 11.6 Å². The molecule has 112 valence electrons. The zero-order valence-electron chi connectivity index (χ0n) is 11.7. The maximum Gasteiger partial charge on any atom is 0.186 e. The predicted octanol–water partition coefficient (Wildman–Crippen LogP) is 2.89. The summed E-state index contributed by atoms with van der Waals surface area (Å²) in [5, 5.41) is 10.1. The number of halogens is 2. The van der Waals surface area contributed by atoms with Crippen LogP contribution in [0.5, 0.6) is 0 Å². The molecular formula is C15H20ClFO3. The molecule has 2 rings (SSSR count). The van der Waals surface area contributed by atoms with E-state index >= 15 is 4.39 Å². The molecule has 1 aliphatic carbocycles. The molecule has 1 N–H and O–H groups in total. The highest BCUT2D eigenvalue weighted by atomic mass is 35.5. The van der Waals surface area contributed by atoms with Gasteiger partial charge in [0.25, 0.3) is 0 Å². The van der Waals surface area contributed by atoms with Gasteiger partial charge in [-0.05, 0) is 43.6 Å². The third-order valence-electron chi connectivity index (χ3n) is 3.64. The highest BCUT2D eigenvalue weighted by Crippen LogP contribution is 2.40. The van der Waals surface area contributed by atoms with E-state index in [-0.39, 0.29) is 5.03 Å². The lowest BCUT2D eigenvalue weighted by molar-refractivity contribution is -0.0696. The van der Waals surface area contributed by atoms with Gasteiger partial charge in [-0.3, -0.25) is 0 Å². The molecule has 0 saturated carbocycles. The number of rotatable bonds is 4. The van der Waals surface area contributed by atoms with Crippen LogP contribution in [0.4, 0.5) is 4.39 Å². The Morgan fingerprint density at radius 3 is 2.95 bits per heavy atom. The number of aliphatic hydroxyl groups is 1. The summed E-state index contributed by atoms with van der Waals surface area (Å²) in [6.45, 7) is 4.67. The highest BCUT2D eigenvalue weighted by Gasteiger charge is 2.47. The number of hydrogen-bond donors (Lipinski definition) is 1. The van der Waals surface area contributed by atoms with E-state index < -0.39 is 17.9 Å². The summed E-state index contributed by atoms with van der Waals surface area (Å²) in [4.78, 5) is 0. The summed E-state index contributed by atoms with van der Waals surface area (Å²) in [5.41, 5.74) is -0.342. The first-order valence-electron chi connectivity index (χ1n) is 6.84. The fourth-order valence-corrected chi connectivity index (χ4v) is 2.85. The third kappa shape index (κ3) is 2.98. The first kappa shape index (κ1) is 15.7. The minimum absolute atomic E-state index is 0.284. The van der Waals surface area contributed by atoms with Gasteiger partial charge in [0.1, 0.15) is 6.10 Å². The van der Waals surface area contributed by atoms with E-state index in [0.29, 0.717) is 31.8 Å². The summed E-state index contributed by atoms with van der Waals surface area (Å²) in [7, 11) is 0. The van der Waals surface area contributed by atoms with Crippen molar-refractivity contribution in [1.29, 1.82) is 0 Å². The Morgan fingerprint density at radius 2 is 2.40 bits per heavy atom. The summed E-state index contributed by atoms with van der Waals surface area (Å²) in [6.07, 6.45) is 3.51. The summed E-state index contributed by atoms with van der Waals surface area (Å²) < 4.78 is 26.0. The molecule has 1 heterocycles. The van der Waals surface area contributed by atoms with Gasteiger partial charge in [-0.25, -0.2) is 4.39 Å². The quantitative estimate of drug-likeness (QED) is 0.868. The van der Waals surface area contributed by atoms with Crippen molar-refractivity contribution in [2.75, 3.05) is 19.8 Å². The Bertz CT molecular complexity index is 456. The van der Waals surface area contributed by atoms with Gasteiger partial charge >= 0.3 is 0 Å². The van der Waals surface area contributed by atoms with Crippen LogP contribution in [-0.4, -0.2) is 42.8 Å². The van der Waals surface area contributed by atoms with Gasteiger partial charge in [0.2, 0.25) is 0 Å². The zero-order valence-corrected chi connectivity index (χ0v) is 12.5. The molecule has 3 unspecified atom stereocenters. The van der Waals surface area contributed by atoms with Crippen LogP contribution < -0.4 is 0 Å². The number of hydrogen-bond acceptors (Lipinski definition) is 3. The standard InChI is InChI=1S/C15H20ClFO3/c1-3-20-14-13(11-4-6-19-7-5-11)8-12(16)9-15(14,17)10(2)18/h4,8-10,14,18H,3,5-7H2,1-2H3. The lowest BCUT2D eigenvalue weighted by atomic mass is 9.80. The topological polar surface area (TPSA) is 38.7 Å². The molecule has 3 atom stereocenters. The van der Waals surface area contributed by atoms with E-state index in [1.165, 1.54) is 13.0 Å². The monoisotopic (exact) mass is 302 g/mol. The summed E-state index contributed by atoms with van der Waals surface area (Å²) in [6, 6.07) is 0. The van der Waals surface area contributed by atoms with E-state index in [0.717, 1.165) is 5.57 Å². The van der Waals surface area contributed by atoms with Crippen LogP contribution in [0.3, 0.4) is 0 Å². The molecule has 0 amide bonds. The fourth-order valence-electron chi connectivity index (χ4n) is 2.57. The number of allylic oxidation sites excluding steroid dienone is 2. The van der Waals surface area contributed by atoms with Crippen LogP contribution in [0.1, 0.15) is 20.3 Å². The number of ether oxygens (including phenoxy) is 2. The Morgan fingerprint density at radius 1 is 1.65 bits per heavy atom. The van der Waals surface area contributed by atoms with Gasteiger partial charge in [-0.2, -0.15) is 0 Å². The molecular weight excluding hydrogens is 283 g/mol. The minimum Gasteiger partial charge on any atom is -0.390 e. The maximum absolute atomic E-state index is 15.2. The van der Waals surface area contributed by atoms with Gasteiger partial charge in [0, 0.05) is 11.6 Å². The van der Waals surface area contributed by atoms with E-state index in [1.807, 2.05) is 6.08 Å². The Hall–Kier alpha value is -0.680. The normalized spacial score (nSPS) is 32.2. The average Bonchev–Trinajstić information content (AvgIpc) is 2.42. The fraction of sp³-hybridized carbons (Fsp3) is 0.600. The Kier molecular flexibility index (Phi) is 5.02. The van der Waals surface area contributed by atoms with Crippen LogP contribution >= 0.6 is 11.6 Å². The van der Waals surface area contributed by atoms with Crippen LogP contribution in [0.25, 0.3) is 0 Å². The molecule has 5 heteroatoms. The first-order valence-corrected chi connectivity index (χ1v) is 7.22. The SMILES string of the molecule is CCOC1C(C2=CCOCC2)=CC(Cl)=CC1(F)C(C)O. The molecule has 0 aromatic heterocycles. The van der Waals surface area contributed by atoms with E-state index in [2.05, 4.69) is 0 Å². The first-order chi connectivity index (χ1) is 9.49. The van der Waals surface area contributed by atoms with Crippen molar-refractivity contribution in [3.05, 3.63) is 34.4 Å². The summed E-state index contributed by atoms with van der Waals surface area (Å²) >= 11 is 6.04. The molecule has 0 saturated heterocycles. The second-order valence-electron chi connectivity index (χ2n) is 5.02. The van der Waals surface area contributed by atoms with Gasteiger partial charge < -0.3 is 14.6 Å². The Balaban J connectivity index is 2.42. The lowest BCUT2D eigenvalue weighted by Crippen LogP contribution is -2.49. The average molecular weight is 303 g/mol. The molecule has 0 fully saturated rings. The zero-order chi connectivity index (χ0) is 14.8. The van der Waals surface area contributed by atoms with Crippen molar-refractivity contribution in [2.45, 2.75) is 38.1 Å². The predicted molar refractivity (Wildman–Crippen MR) is 76.5 cm³/mol. The van der Waals surface area contributed by atoms with Crippen LogP contribution in [0.2, 0.25) is 0 Å². The second-order valence-corrected chi connectivity index (χ2v) is 5.46. The van der Waals surface area contributed by atoms with Crippen molar-refractivity contribution in [3.8, 4) is 0 Å². The van der Waals surface area contributed by atoms with E-state index in [4.69, 9.17) is 21.1 Å². The molecule has 0 radical (unpaired) electrons. The van der Waals surface area contributed by atoms with Gasteiger partial charge in [0.15, 0.2) is 5.67 Å². The smallest absolute Gasteiger partial charge is 0.186 e. The number of aliphatic hydroxyl groups excluding tert-OH is 1. The molecule has 20 heavy (non-hydrogen) atoms. The van der Waals surface area contributed by atoms with Crippen molar-refractivity contribution < 1.29 is 19.0 Å². The van der Waals surface area contributed by atoms with Crippen molar-refractivity contribution in [2.24, 2.45) is 0 Å². The van der Waals surface area contributed by atoms with Crippen molar-refractivity contribution in [3.63, 3.8) is 0 Å². The van der Waals surface area contributed by atoms with E-state index in [1.54, 1.807) is 13.0 Å². The highest BCUT2D eigenvalue weighted by molar-refractivity contribution is 6.31. The van der Waals surface area contributed by atoms with E-state index in [9.17, 15) is 5.11 Å². The maximum atomic E-state index is 15.2. The van der Waals surface area contributed by atoms with Crippen LogP contribution in [-0.2, 0) is 9.47 Å². The molecule has 0 bridgehead atoms. The molecule has 2 aliphatic rings. The largest absolute Gasteiger partial charge is 0.390 e. The number of alkyl halides is 1. The van der Waals surface area contributed by atoms with Crippen LogP contribution in [0.15, 0.2) is 34.4 Å². The lowest BCUT2D eigenvalue weighted by Gasteiger charge is -2.38. The molecule has 0 aromatic carbocycles. The van der Waals surface area contributed by atoms with Crippen molar-refractivity contribution in [1.82, 2.24) is 0 Å². The van der Waals surface area contributed by atoms with Gasteiger partial charge in [-0.1, -0.05) is 17.7 Å². The molecule has 0 aromatic rings. The Labute approximate surface area is 123 Å². The molecule has 0 spiro atoms. The molecule has 3 nitrogen and oxygen atoms in total. The third-order valence-corrected chi connectivity index (χ3v) is 3.86. The minimum atomic E-state index is -2.02. The second kappa shape index (κ2) is 6.39. The summed E-state index contributed by atoms with van der Waals surface area (Å²) in [5.74, 6) is 0.